The van der Waals surface area contributed by atoms with Gasteiger partial charge in [-0.05, 0) is 5.56 Å². The van der Waals surface area contributed by atoms with E-state index in [-0.39, 0.29) is 26.4 Å². The maximum atomic E-state index is 12.2. The molecule has 2 heterocycles. The summed E-state index contributed by atoms with van der Waals surface area (Å²) in [6, 6.07) is 8.14. The number of carbonyl (C=O) groups excluding carboxylic acids is 1. The number of hydrogen-bond donors (Lipinski definition) is 1. The van der Waals surface area contributed by atoms with Gasteiger partial charge in [-0.2, -0.15) is 0 Å². The van der Waals surface area contributed by atoms with Crippen LogP contribution in [0, 0.1) is 0 Å². The van der Waals surface area contributed by atoms with Gasteiger partial charge in [-0.1, -0.05) is 30.3 Å². The zero-order valence-corrected chi connectivity index (χ0v) is 11.2. The Morgan fingerprint density at radius 3 is 2.62 bits per heavy atom. The van der Waals surface area contributed by atoms with E-state index >= 15 is 0 Å². The van der Waals surface area contributed by atoms with E-state index in [0.717, 1.165) is 10.5 Å². The van der Waals surface area contributed by atoms with Gasteiger partial charge in [0.2, 0.25) is 0 Å². The summed E-state index contributed by atoms with van der Waals surface area (Å²) < 4.78 is 15.7. The highest BCUT2D eigenvalue weighted by Gasteiger charge is 2.58. The number of carboxylic acid groups (broad SMARTS) is 1. The Balaban J connectivity index is 1.70. The summed E-state index contributed by atoms with van der Waals surface area (Å²) >= 11 is 0. The Morgan fingerprint density at radius 1 is 1.33 bits per heavy atom. The van der Waals surface area contributed by atoms with Crippen LogP contribution in [-0.4, -0.2) is 53.7 Å². The highest BCUT2D eigenvalue weighted by Crippen LogP contribution is 2.35. The number of aliphatic carboxylic acids is 1. The molecule has 7 nitrogen and oxygen atoms in total. The molecule has 21 heavy (non-hydrogen) atoms. The number of benzene rings is 1. The largest absolute Gasteiger partial charge is 0.480 e. The number of hydrogen-bond acceptors (Lipinski definition) is 5. The number of carboxylic acids is 1. The molecule has 0 radical (unpaired) electrons. The van der Waals surface area contributed by atoms with Crippen molar-refractivity contribution in [3.63, 3.8) is 0 Å². The molecule has 112 valence electrons. The first-order valence-electron chi connectivity index (χ1n) is 6.57. The maximum absolute atomic E-state index is 12.2. The molecule has 0 bridgehead atoms. The van der Waals surface area contributed by atoms with Crippen molar-refractivity contribution >= 4 is 12.1 Å². The number of ether oxygens (including phenoxy) is 3. The lowest BCUT2D eigenvalue weighted by Crippen LogP contribution is -2.64. The summed E-state index contributed by atoms with van der Waals surface area (Å²) in [5.41, 5.74) is -0.159. The average molecular weight is 293 g/mol. The van der Waals surface area contributed by atoms with Crippen LogP contribution in [0.5, 0.6) is 0 Å². The predicted octanol–water partition coefficient (Wildman–Crippen LogP) is 0.835. The van der Waals surface area contributed by atoms with Crippen LogP contribution < -0.4 is 0 Å². The van der Waals surface area contributed by atoms with Gasteiger partial charge in [0, 0.05) is 0 Å². The molecule has 3 rings (SSSR count). The molecule has 1 atom stereocenters. The third-order valence-electron chi connectivity index (χ3n) is 3.60. The van der Waals surface area contributed by atoms with Gasteiger partial charge in [-0.3, -0.25) is 4.90 Å². The molecule has 2 saturated heterocycles. The number of nitrogens with zero attached hydrogens (tertiary/aromatic N) is 1. The zero-order chi connectivity index (χ0) is 14.9. The van der Waals surface area contributed by atoms with Crippen molar-refractivity contribution < 1.29 is 28.9 Å². The van der Waals surface area contributed by atoms with Gasteiger partial charge in [0.05, 0.1) is 19.8 Å². The zero-order valence-electron chi connectivity index (χ0n) is 11.2. The van der Waals surface area contributed by atoms with E-state index in [1.807, 2.05) is 30.3 Å². The van der Waals surface area contributed by atoms with E-state index in [4.69, 9.17) is 14.2 Å². The summed E-state index contributed by atoms with van der Waals surface area (Å²) in [7, 11) is 0. The second-order valence-electron chi connectivity index (χ2n) is 5.01. The molecule has 1 spiro atoms. The lowest BCUT2D eigenvalue weighted by molar-refractivity contribution is -0.235. The van der Waals surface area contributed by atoms with Gasteiger partial charge in [0.1, 0.15) is 6.61 Å². The van der Waals surface area contributed by atoms with Crippen molar-refractivity contribution in [2.75, 3.05) is 19.8 Å². The Hall–Kier alpha value is -2.12. The fourth-order valence-electron chi connectivity index (χ4n) is 2.43. The van der Waals surface area contributed by atoms with Crippen LogP contribution in [0.3, 0.4) is 0 Å². The second-order valence-corrected chi connectivity index (χ2v) is 5.01. The van der Waals surface area contributed by atoms with E-state index in [9.17, 15) is 14.7 Å². The fourth-order valence-corrected chi connectivity index (χ4v) is 2.43. The maximum Gasteiger partial charge on any atom is 0.413 e. The summed E-state index contributed by atoms with van der Waals surface area (Å²) in [5, 5.41) is 9.20. The Morgan fingerprint density at radius 2 is 2.05 bits per heavy atom. The molecule has 2 aliphatic heterocycles. The van der Waals surface area contributed by atoms with E-state index in [0.29, 0.717) is 0 Å². The lowest BCUT2D eigenvalue weighted by Gasteiger charge is -2.43. The monoisotopic (exact) mass is 293 g/mol. The van der Waals surface area contributed by atoms with Crippen molar-refractivity contribution in [3.05, 3.63) is 35.9 Å². The Kier molecular flexibility index (Phi) is 3.52. The summed E-state index contributed by atoms with van der Waals surface area (Å²) in [5.74, 6) is -1.12. The first-order chi connectivity index (χ1) is 10.1. The molecule has 2 aliphatic rings. The molecule has 1 aromatic rings. The standard InChI is InChI=1S/C14H15NO6/c16-12(17)11-7-21-14(8-19-9-14)15(11)13(18)20-6-10-4-2-1-3-5-10/h1-5,11H,6-9H2,(H,16,17). The van der Waals surface area contributed by atoms with Crippen LogP contribution >= 0.6 is 0 Å². The van der Waals surface area contributed by atoms with E-state index in [1.54, 1.807) is 0 Å². The molecule has 0 aliphatic carbocycles. The molecule has 0 saturated carbocycles. The van der Waals surface area contributed by atoms with Gasteiger partial charge in [0.15, 0.2) is 11.8 Å². The van der Waals surface area contributed by atoms with Gasteiger partial charge in [-0.15, -0.1) is 0 Å². The third-order valence-corrected chi connectivity index (χ3v) is 3.60. The average Bonchev–Trinajstić information content (AvgIpc) is 2.86. The molecule has 1 unspecified atom stereocenters. The van der Waals surface area contributed by atoms with Gasteiger partial charge in [0.25, 0.3) is 0 Å². The van der Waals surface area contributed by atoms with Gasteiger partial charge in [-0.25, -0.2) is 9.59 Å². The SMILES string of the molecule is O=C(O)C1COC2(COC2)N1C(=O)OCc1ccccc1. The highest BCUT2D eigenvalue weighted by atomic mass is 16.6. The number of carbonyl (C=O) groups is 2. The minimum absolute atomic E-state index is 0.0564. The number of amides is 1. The van der Waals surface area contributed by atoms with Crippen LogP contribution in [0.2, 0.25) is 0 Å². The second kappa shape index (κ2) is 5.34. The molecular formula is C14H15NO6. The minimum Gasteiger partial charge on any atom is -0.480 e. The predicted molar refractivity (Wildman–Crippen MR) is 69.4 cm³/mol. The Labute approximate surface area is 121 Å². The van der Waals surface area contributed by atoms with Gasteiger partial charge < -0.3 is 19.3 Å². The van der Waals surface area contributed by atoms with Crippen molar-refractivity contribution in [1.29, 1.82) is 0 Å². The van der Waals surface area contributed by atoms with Crippen molar-refractivity contribution in [1.82, 2.24) is 4.90 Å². The highest BCUT2D eigenvalue weighted by molar-refractivity contribution is 5.81. The van der Waals surface area contributed by atoms with E-state index in [2.05, 4.69) is 0 Å². The van der Waals surface area contributed by atoms with Crippen LogP contribution in [0.15, 0.2) is 30.3 Å². The Bertz CT molecular complexity index is 542. The van der Waals surface area contributed by atoms with Crippen LogP contribution in [0.25, 0.3) is 0 Å². The quantitative estimate of drug-likeness (QED) is 0.888. The lowest BCUT2D eigenvalue weighted by atomic mass is 10.1. The first kappa shape index (κ1) is 13.8. The smallest absolute Gasteiger partial charge is 0.413 e. The summed E-state index contributed by atoms with van der Waals surface area (Å²) in [4.78, 5) is 24.6. The molecule has 1 N–H and O–H groups in total. The van der Waals surface area contributed by atoms with Crippen LogP contribution in [0.4, 0.5) is 4.79 Å². The summed E-state index contributed by atoms with van der Waals surface area (Å²) in [6.45, 7) is 0.354. The third kappa shape index (κ3) is 2.45. The topological polar surface area (TPSA) is 85.3 Å². The van der Waals surface area contributed by atoms with E-state index in [1.165, 1.54) is 0 Å². The normalized spacial score (nSPS) is 22.9. The van der Waals surface area contributed by atoms with Gasteiger partial charge >= 0.3 is 12.1 Å². The van der Waals surface area contributed by atoms with Crippen LogP contribution in [-0.2, 0) is 25.6 Å². The van der Waals surface area contributed by atoms with Crippen molar-refractivity contribution in [3.8, 4) is 0 Å². The number of rotatable bonds is 3. The molecular weight excluding hydrogens is 278 g/mol. The molecule has 1 aromatic carbocycles. The van der Waals surface area contributed by atoms with E-state index < -0.39 is 23.8 Å². The summed E-state index contributed by atoms with van der Waals surface area (Å²) in [6.07, 6.45) is -0.702. The molecule has 2 fully saturated rings. The minimum atomic E-state index is -1.12. The molecule has 7 heteroatoms. The van der Waals surface area contributed by atoms with Crippen LogP contribution in [0.1, 0.15) is 5.56 Å². The fraction of sp³-hybridized carbons (Fsp3) is 0.429. The van der Waals surface area contributed by atoms with Crippen molar-refractivity contribution in [2.24, 2.45) is 0 Å². The van der Waals surface area contributed by atoms with Crippen molar-refractivity contribution in [2.45, 2.75) is 18.4 Å². The molecule has 1 amide bonds. The first-order valence-corrected chi connectivity index (χ1v) is 6.57. The molecule has 0 aromatic heterocycles.